The zero-order valence-electron chi connectivity index (χ0n) is 35.1. The highest BCUT2D eigenvalue weighted by Gasteiger charge is 2.19. The highest BCUT2D eigenvalue weighted by molar-refractivity contribution is 6.24. The van der Waals surface area contributed by atoms with Crippen LogP contribution in [0.25, 0.3) is 109 Å². The van der Waals surface area contributed by atoms with Crippen molar-refractivity contribution in [1.82, 2.24) is 0 Å². The Hall–Kier alpha value is -6.70. The normalized spacial score (nSPS) is 14.1. The maximum Gasteiger partial charge on any atom is 0.136 e. The van der Waals surface area contributed by atoms with E-state index in [1.807, 2.05) is 91.0 Å². The molecule has 0 aliphatic heterocycles. The van der Waals surface area contributed by atoms with Crippen LogP contribution in [0.1, 0.15) is 11.0 Å². The maximum atomic E-state index is 9.46. The minimum Gasteiger partial charge on any atom is -0.456 e. The molecule has 0 saturated carbocycles. The van der Waals surface area contributed by atoms with Crippen LogP contribution in [0.4, 0.5) is 0 Å². The van der Waals surface area contributed by atoms with Crippen molar-refractivity contribution in [3.05, 3.63) is 182 Å². The molecule has 1 heterocycles. The van der Waals surface area contributed by atoms with Crippen molar-refractivity contribution in [3.8, 4) is 33.4 Å². The van der Waals surface area contributed by atoms with Gasteiger partial charge in [0, 0.05) is 10.8 Å². The van der Waals surface area contributed by atoms with E-state index in [1.54, 1.807) is 6.07 Å². The van der Waals surface area contributed by atoms with Crippen LogP contribution in [-0.2, 0) is 0 Å². The highest BCUT2D eigenvalue weighted by Crippen LogP contribution is 2.46. The zero-order chi connectivity index (χ0) is 40.4. The van der Waals surface area contributed by atoms with Gasteiger partial charge in [0.1, 0.15) is 11.2 Å². The molecule has 1 nitrogen and oxygen atoms in total. The third-order valence-corrected chi connectivity index (χ3v) is 10.3. The van der Waals surface area contributed by atoms with Gasteiger partial charge in [-0.15, -0.1) is 0 Å². The summed E-state index contributed by atoms with van der Waals surface area (Å²) in [7, 11) is 0. The first-order chi connectivity index (χ1) is 28.6. The molecular weight excluding hydrogens is 617 g/mol. The first-order valence-electron chi connectivity index (χ1n) is 20.9. The average Bonchev–Trinajstić information content (AvgIpc) is 3.66. The minimum atomic E-state index is -0.437. The lowest BCUT2D eigenvalue weighted by atomic mass is 9.85. The van der Waals surface area contributed by atoms with Crippen LogP contribution >= 0.6 is 0 Å². The summed E-state index contributed by atoms with van der Waals surface area (Å²) in [5.41, 5.74) is 4.77. The molecule has 236 valence electrons. The molecule has 11 aromatic rings. The number of hydrogen-bond donors (Lipinski definition) is 0. The van der Waals surface area contributed by atoms with E-state index in [2.05, 4.69) is 36.4 Å². The van der Waals surface area contributed by atoms with Gasteiger partial charge in [-0.3, -0.25) is 0 Å². The fraction of sp³-hybridized carbons (Fsp3) is 0. The van der Waals surface area contributed by atoms with Crippen molar-refractivity contribution in [2.45, 2.75) is 0 Å². The van der Waals surface area contributed by atoms with Crippen LogP contribution in [0.3, 0.4) is 0 Å². The third-order valence-electron chi connectivity index (χ3n) is 10.3. The van der Waals surface area contributed by atoms with Gasteiger partial charge in [-0.25, -0.2) is 0 Å². The third kappa shape index (κ3) is 4.28. The lowest BCUT2D eigenvalue weighted by molar-refractivity contribution is 0.669. The van der Waals surface area contributed by atoms with Gasteiger partial charge < -0.3 is 4.42 Å². The smallest absolute Gasteiger partial charge is 0.136 e. The van der Waals surface area contributed by atoms with Gasteiger partial charge in [-0.05, 0) is 118 Å². The largest absolute Gasteiger partial charge is 0.456 e. The Bertz CT molecular complexity index is 3580. The molecule has 0 saturated heterocycles. The highest BCUT2D eigenvalue weighted by atomic mass is 16.3. The van der Waals surface area contributed by atoms with Crippen LogP contribution in [0.15, 0.2) is 186 Å². The Morgan fingerprint density at radius 2 is 0.824 bits per heavy atom. The first kappa shape index (κ1) is 21.4. The first-order valence-corrected chi connectivity index (χ1v) is 16.9. The second-order valence-electron chi connectivity index (χ2n) is 13.0. The van der Waals surface area contributed by atoms with Crippen LogP contribution in [0, 0.1) is 0 Å². The predicted molar refractivity (Wildman–Crippen MR) is 218 cm³/mol. The Labute approximate surface area is 305 Å². The minimum absolute atomic E-state index is 0.170. The van der Waals surface area contributed by atoms with E-state index >= 15 is 0 Å². The molecular formula is C50H30O. The molecule has 11 rings (SSSR count). The molecule has 0 bridgehead atoms. The van der Waals surface area contributed by atoms with Gasteiger partial charge in [0.05, 0.1) is 11.0 Å². The fourth-order valence-corrected chi connectivity index (χ4v) is 7.94. The van der Waals surface area contributed by atoms with E-state index in [1.165, 1.54) is 0 Å². The van der Waals surface area contributed by atoms with Crippen molar-refractivity contribution in [2.75, 3.05) is 0 Å². The van der Waals surface area contributed by atoms with E-state index in [0.717, 1.165) is 54.2 Å². The number of rotatable bonds is 3. The van der Waals surface area contributed by atoms with E-state index in [4.69, 9.17) is 9.90 Å². The maximum absolute atomic E-state index is 9.46. The average molecular weight is 655 g/mol. The second kappa shape index (κ2) is 10.9. The van der Waals surface area contributed by atoms with Gasteiger partial charge >= 0.3 is 0 Å². The Balaban J connectivity index is 1.27. The van der Waals surface area contributed by atoms with Gasteiger partial charge in [-0.1, -0.05) is 151 Å². The molecule has 51 heavy (non-hydrogen) atoms. The second-order valence-corrected chi connectivity index (χ2v) is 13.0. The SMILES string of the molecule is [2H]c1c([2H])c([2H])c2c(-c3ccc4oc5ccc6ccccc6c5c4c3)c3c([2H])c([2H])c([2H])c([2H])c3c(-c3cccc(-c4ccc5ccc6ccccc6c5c4)c3)c2c1[2H]. The molecule has 0 fully saturated rings. The zero-order valence-corrected chi connectivity index (χ0v) is 27.1. The molecule has 0 N–H and O–H groups in total. The topological polar surface area (TPSA) is 13.1 Å². The summed E-state index contributed by atoms with van der Waals surface area (Å²) < 4.78 is 79.7. The van der Waals surface area contributed by atoms with E-state index in [0.29, 0.717) is 33.4 Å². The Kier molecular flexibility index (Phi) is 4.57. The lowest BCUT2D eigenvalue weighted by Gasteiger charge is -2.18. The molecule has 0 aliphatic carbocycles. The summed E-state index contributed by atoms with van der Waals surface area (Å²) in [6.07, 6.45) is 0. The van der Waals surface area contributed by atoms with Crippen LogP contribution in [-0.4, -0.2) is 0 Å². The fourth-order valence-electron chi connectivity index (χ4n) is 7.94. The standard InChI is InChI=1S/C50H30O/c1-3-14-38-31(10-1)20-21-33-22-23-35(29-44(33)38)34-12-9-13-36(28-34)48-40-16-5-7-18-42(40)49(43-19-8-6-17-41(43)48)37-25-26-46-45(30-37)50-39-15-4-2-11-32(39)24-27-47(50)51-46/h1-30H/i5D,6D,7D,8D,16D,17D,18D,19D. The Morgan fingerprint density at radius 3 is 1.55 bits per heavy atom. The van der Waals surface area contributed by atoms with Crippen LogP contribution in [0.5, 0.6) is 0 Å². The van der Waals surface area contributed by atoms with Crippen molar-refractivity contribution in [2.24, 2.45) is 0 Å². The van der Waals surface area contributed by atoms with Gasteiger partial charge in [0.15, 0.2) is 0 Å². The molecule has 0 aliphatic rings. The van der Waals surface area contributed by atoms with Gasteiger partial charge in [0.25, 0.3) is 0 Å². The van der Waals surface area contributed by atoms with Crippen molar-refractivity contribution < 1.29 is 15.4 Å². The van der Waals surface area contributed by atoms with E-state index in [9.17, 15) is 5.48 Å². The van der Waals surface area contributed by atoms with E-state index in [-0.39, 0.29) is 45.7 Å². The van der Waals surface area contributed by atoms with E-state index < -0.39 is 24.2 Å². The summed E-state index contributed by atoms with van der Waals surface area (Å²) >= 11 is 0. The number of hydrogen-bond acceptors (Lipinski definition) is 1. The van der Waals surface area contributed by atoms with Crippen LogP contribution < -0.4 is 0 Å². The summed E-state index contributed by atoms with van der Waals surface area (Å²) in [6.45, 7) is 0. The van der Waals surface area contributed by atoms with Crippen molar-refractivity contribution >= 4 is 75.8 Å². The molecule has 1 heteroatoms. The summed E-state index contributed by atoms with van der Waals surface area (Å²) in [4.78, 5) is 0. The molecule has 10 aromatic carbocycles. The van der Waals surface area contributed by atoms with Crippen molar-refractivity contribution in [3.63, 3.8) is 0 Å². The van der Waals surface area contributed by atoms with Crippen molar-refractivity contribution in [1.29, 1.82) is 0 Å². The number of benzene rings is 10. The number of fused-ring (bicyclic) bond motifs is 10. The summed E-state index contributed by atoms with van der Waals surface area (Å²) in [5, 5.41) is 8.78. The summed E-state index contributed by atoms with van der Waals surface area (Å²) in [5.74, 6) is 0. The van der Waals surface area contributed by atoms with Gasteiger partial charge in [0.2, 0.25) is 0 Å². The predicted octanol–water partition coefficient (Wildman–Crippen LogP) is 14.4. The number of furan rings is 1. The molecule has 0 radical (unpaired) electrons. The molecule has 0 amide bonds. The molecule has 1 aromatic heterocycles. The van der Waals surface area contributed by atoms with Crippen LogP contribution in [0.2, 0.25) is 0 Å². The lowest BCUT2D eigenvalue weighted by Crippen LogP contribution is -1.91. The quantitative estimate of drug-likeness (QED) is 0.136. The summed E-state index contributed by atoms with van der Waals surface area (Å²) in [6, 6.07) is 40.9. The molecule has 0 spiro atoms. The Morgan fingerprint density at radius 1 is 0.333 bits per heavy atom. The molecule has 0 atom stereocenters. The molecule has 0 unspecified atom stereocenters. The monoisotopic (exact) mass is 654 g/mol. The van der Waals surface area contributed by atoms with Gasteiger partial charge in [-0.2, -0.15) is 0 Å².